The van der Waals surface area contributed by atoms with Crippen LogP contribution in [0.3, 0.4) is 0 Å². The van der Waals surface area contributed by atoms with Crippen molar-refractivity contribution < 1.29 is 9.00 Å². The Kier molecular flexibility index (Phi) is 5.62. The van der Waals surface area contributed by atoms with Gasteiger partial charge in [0, 0.05) is 35.0 Å². The molecule has 1 amide bonds. The zero-order valence-corrected chi connectivity index (χ0v) is 10.6. The van der Waals surface area contributed by atoms with Crippen molar-refractivity contribution in [3.8, 4) is 0 Å². The van der Waals surface area contributed by atoms with Crippen LogP contribution in [0, 0.1) is 0 Å². The quantitative estimate of drug-likeness (QED) is 0.706. The Bertz CT molecular complexity index is 392. The van der Waals surface area contributed by atoms with E-state index in [1.807, 2.05) is 0 Å². The topological polar surface area (TPSA) is 85.1 Å². The summed E-state index contributed by atoms with van der Waals surface area (Å²) in [7, 11) is -0.798. The molecule has 17 heavy (non-hydrogen) atoms. The fourth-order valence-corrected chi connectivity index (χ4v) is 1.82. The van der Waals surface area contributed by atoms with Gasteiger partial charge in [0.05, 0.1) is 18.3 Å². The van der Waals surface area contributed by atoms with E-state index in [0.29, 0.717) is 23.7 Å². The third kappa shape index (κ3) is 6.01. The third-order valence-corrected chi connectivity index (χ3v) is 2.98. The molecule has 1 atom stereocenters. The minimum absolute atomic E-state index is 0.0795. The second-order valence-electron chi connectivity index (χ2n) is 3.74. The van der Waals surface area contributed by atoms with Crippen LogP contribution in [0.4, 0.5) is 5.69 Å². The van der Waals surface area contributed by atoms with Gasteiger partial charge in [0.15, 0.2) is 0 Å². The van der Waals surface area contributed by atoms with E-state index in [9.17, 15) is 9.00 Å². The molecular formula is C11H17N3O2S. The number of nitrogens with one attached hydrogen (secondary N) is 1. The number of nitrogens with two attached hydrogens (primary N) is 1. The molecule has 5 nitrogen and oxygen atoms in total. The van der Waals surface area contributed by atoms with Gasteiger partial charge in [0.25, 0.3) is 0 Å². The summed E-state index contributed by atoms with van der Waals surface area (Å²) in [5.74, 6) is 0.532. The van der Waals surface area contributed by atoms with Gasteiger partial charge in [-0.3, -0.25) is 14.0 Å². The highest BCUT2D eigenvalue weighted by molar-refractivity contribution is 7.84. The maximum atomic E-state index is 11.5. The fourth-order valence-electron chi connectivity index (χ4n) is 1.27. The normalized spacial score (nSPS) is 12.1. The fraction of sp³-hybridized carbons (Fsp3) is 0.455. The van der Waals surface area contributed by atoms with Crippen molar-refractivity contribution in [2.75, 3.05) is 24.3 Å². The third-order valence-electron chi connectivity index (χ3n) is 2.12. The highest BCUT2D eigenvalue weighted by atomic mass is 32.2. The number of hydrogen-bond donors (Lipinski definition) is 2. The Labute approximate surface area is 103 Å². The van der Waals surface area contributed by atoms with E-state index in [1.165, 1.54) is 6.20 Å². The Morgan fingerprint density at radius 2 is 2.29 bits per heavy atom. The molecule has 0 aliphatic carbocycles. The maximum absolute atomic E-state index is 11.5. The van der Waals surface area contributed by atoms with Crippen LogP contribution in [0.25, 0.3) is 0 Å². The minimum Gasteiger partial charge on any atom is -0.397 e. The van der Waals surface area contributed by atoms with Crippen molar-refractivity contribution in [2.45, 2.75) is 12.8 Å². The molecule has 0 radical (unpaired) electrons. The standard InChI is InChI=1S/C11H17N3O2S/c1-17(16)6-2-5-13-11(15)7-10-4-3-9(12)8-14-10/h3-4,8H,2,5-7,12H2,1H3,(H,13,15). The van der Waals surface area contributed by atoms with Crippen LogP contribution in [0.1, 0.15) is 12.1 Å². The molecule has 0 aromatic carbocycles. The largest absolute Gasteiger partial charge is 0.397 e. The van der Waals surface area contributed by atoms with Crippen LogP contribution in [0.5, 0.6) is 0 Å². The molecule has 0 saturated heterocycles. The van der Waals surface area contributed by atoms with Crippen LogP contribution >= 0.6 is 0 Å². The Morgan fingerprint density at radius 1 is 1.53 bits per heavy atom. The van der Waals surface area contributed by atoms with Gasteiger partial charge in [-0.25, -0.2) is 0 Å². The molecule has 0 fully saturated rings. The van der Waals surface area contributed by atoms with Crippen molar-refractivity contribution in [3.63, 3.8) is 0 Å². The summed E-state index contributed by atoms with van der Waals surface area (Å²) in [4.78, 5) is 15.5. The van der Waals surface area contributed by atoms with Gasteiger partial charge in [-0.1, -0.05) is 0 Å². The molecule has 1 unspecified atom stereocenters. The van der Waals surface area contributed by atoms with Crippen molar-refractivity contribution >= 4 is 22.4 Å². The lowest BCUT2D eigenvalue weighted by Gasteiger charge is -2.04. The number of amides is 1. The predicted molar refractivity (Wildman–Crippen MR) is 68.9 cm³/mol. The smallest absolute Gasteiger partial charge is 0.226 e. The van der Waals surface area contributed by atoms with Gasteiger partial charge in [0.2, 0.25) is 5.91 Å². The Balaban J connectivity index is 2.25. The van der Waals surface area contributed by atoms with Crippen LogP contribution in [-0.2, 0) is 22.0 Å². The molecule has 0 aliphatic heterocycles. The molecule has 1 heterocycles. The first-order valence-corrected chi connectivity index (χ1v) is 7.08. The molecule has 0 aliphatic rings. The summed E-state index contributed by atoms with van der Waals surface area (Å²) in [6.07, 6.45) is 4.16. The van der Waals surface area contributed by atoms with E-state index < -0.39 is 10.8 Å². The first-order chi connectivity index (χ1) is 8.08. The molecule has 1 rings (SSSR count). The number of nitrogen functional groups attached to an aromatic ring is 1. The van der Waals surface area contributed by atoms with Crippen molar-refractivity contribution in [3.05, 3.63) is 24.0 Å². The van der Waals surface area contributed by atoms with Crippen molar-refractivity contribution in [1.82, 2.24) is 10.3 Å². The zero-order valence-electron chi connectivity index (χ0n) is 9.81. The number of aromatic nitrogens is 1. The zero-order chi connectivity index (χ0) is 12.7. The van der Waals surface area contributed by atoms with Gasteiger partial charge in [-0.05, 0) is 18.6 Å². The van der Waals surface area contributed by atoms with Crippen LogP contribution in [-0.4, -0.2) is 33.7 Å². The lowest BCUT2D eigenvalue weighted by atomic mass is 10.2. The Hall–Kier alpha value is -1.43. The van der Waals surface area contributed by atoms with E-state index in [2.05, 4.69) is 10.3 Å². The lowest BCUT2D eigenvalue weighted by Crippen LogP contribution is -2.27. The molecule has 1 aromatic heterocycles. The average Bonchev–Trinajstić information content (AvgIpc) is 2.27. The van der Waals surface area contributed by atoms with Gasteiger partial charge >= 0.3 is 0 Å². The average molecular weight is 255 g/mol. The van der Waals surface area contributed by atoms with Crippen LogP contribution < -0.4 is 11.1 Å². The predicted octanol–water partition coefficient (Wildman–Crippen LogP) is 0.0911. The molecule has 94 valence electrons. The number of nitrogens with zero attached hydrogens (tertiary/aromatic N) is 1. The van der Waals surface area contributed by atoms with Crippen molar-refractivity contribution in [1.29, 1.82) is 0 Å². The van der Waals surface area contributed by atoms with E-state index in [4.69, 9.17) is 5.73 Å². The summed E-state index contributed by atoms with van der Waals surface area (Å²) < 4.78 is 10.8. The van der Waals surface area contributed by atoms with Crippen LogP contribution in [0.2, 0.25) is 0 Å². The van der Waals surface area contributed by atoms with Crippen LogP contribution in [0.15, 0.2) is 18.3 Å². The first-order valence-electron chi connectivity index (χ1n) is 5.35. The highest BCUT2D eigenvalue weighted by Gasteiger charge is 2.03. The monoisotopic (exact) mass is 255 g/mol. The number of carbonyl (C=O) groups excluding carboxylic acids is 1. The summed E-state index contributed by atoms with van der Waals surface area (Å²) in [6.45, 7) is 0.549. The number of pyridine rings is 1. The molecule has 1 aromatic rings. The number of hydrogen-bond acceptors (Lipinski definition) is 4. The first kappa shape index (κ1) is 13.6. The van der Waals surface area contributed by atoms with E-state index >= 15 is 0 Å². The second-order valence-corrected chi connectivity index (χ2v) is 5.30. The van der Waals surface area contributed by atoms with Gasteiger partial charge in [-0.2, -0.15) is 0 Å². The summed E-state index contributed by atoms with van der Waals surface area (Å²) in [5, 5.41) is 2.76. The molecule has 0 bridgehead atoms. The number of anilines is 1. The van der Waals surface area contributed by atoms with E-state index in [-0.39, 0.29) is 12.3 Å². The van der Waals surface area contributed by atoms with Gasteiger partial charge in [0.1, 0.15) is 0 Å². The molecule has 3 N–H and O–H groups in total. The summed E-state index contributed by atoms with van der Waals surface area (Å²) in [5.41, 5.74) is 6.77. The van der Waals surface area contributed by atoms with Crippen molar-refractivity contribution in [2.24, 2.45) is 0 Å². The summed E-state index contributed by atoms with van der Waals surface area (Å²) in [6, 6.07) is 3.45. The minimum atomic E-state index is -0.798. The molecular weight excluding hydrogens is 238 g/mol. The second kappa shape index (κ2) is 7.01. The molecule has 0 spiro atoms. The van der Waals surface area contributed by atoms with E-state index in [1.54, 1.807) is 18.4 Å². The maximum Gasteiger partial charge on any atom is 0.226 e. The SMILES string of the molecule is CS(=O)CCCNC(=O)Cc1ccc(N)cn1. The van der Waals surface area contributed by atoms with Gasteiger partial charge in [-0.15, -0.1) is 0 Å². The molecule has 6 heteroatoms. The Morgan fingerprint density at radius 3 is 2.88 bits per heavy atom. The highest BCUT2D eigenvalue weighted by Crippen LogP contribution is 2.01. The van der Waals surface area contributed by atoms with Gasteiger partial charge < -0.3 is 11.1 Å². The number of carbonyl (C=O) groups is 1. The number of rotatable bonds is 6. The van der Waals surface area contributed by atoms with E-state index in [0.717, 1.165) is 6.42 Å². The molecule has 0 saturated carbocycles. The lowest BCUT2D eigenvalue weighted by molar-refractivity contribution is -0.120. The summed E-state index contributed by atoms with van der Waals surface area (Å²) >= 11 is 0.